The van der Waals surface area contributed by atoms with Gasteiger partial charge in [-0.2, -0.15) is 0 Å². The lowest BCUT2D eigenvalue weighted by atomic mass is 9.95. The van der Waals surface area contributed by atoms with Crippen LogP contribution in [0, 0.1) is 6.92 Å². The summed E-state index contributed by atoms with van der Waals surface area (Å²) in [4.78, 5) is 4.32. The molecule has 0 amide bonds. The summed E-state index contributed by atoms with van der Waals surface area (Å²) in [5.74, 6) is 0. The second kappa shape index (κ2) is 5.23. The summed E-state index contributed by atoms with van der Waals surface area (Å²) in [6.45, 7) is 1.97. The van der Waals surface area contributed by atoms with E-state index in [1.807, 2.05) is 55.5 Å². The van der Waals surface area contributed by atoms with E-state index in [9.17, 15) is 5.11 Å². The topological polar surface area (TPSA) is 33.1 Å². The number of benzene rings is 2. The molecule has 3 rings (SSSR count). The molecular weight excluding hydrogens is 270 g/mol. The molecule has 1 N–H and O–H groups in total. The molecule has 1 atom stereocenters. The van der Waals surface area contributed by atoms with Crippen LogP contribution in [0.5, 0.6) is 0 Å². The van der Waals surface area contributed by atoms with Crippen LogP contribution in [0.2, 0.25) is 5.02 Å². The molecule has 0 spiro atoms. The molecule has 0 saturated heterocycles. The molecular formula is C17H14ClNO. The van der Waals surface area contributed by atoms with E-state index in [1.165, 1.54) is 0 Å². The van der Waals surface area contributed by atoms with Crippen molar-refractivity contribution in [2.24, 2.45) is 0 Å². The first-order valence-electron chi connectivity index (χ1n) is 6.44. The third kappa shape index (κ3) is 2.28. The fourth-order valence-corrected chi connectivity index (χ4v) is 2.62. The Morgan fingerprint density at radius 2 is 1.90 bits per heavy atom. The quantitative estimate of drug-likeness (QED) is 0.761. The number of fused-ring (bicyclic) bond motifs is 1. The van der Waals surface area contributed by atoms with Crippen molar-refractivity contribution in [3.63, 3.8) is 0 Å². The van der Waals surface area contributed by atoms with Gasteiger partial charge in [0.05, 0.1) is 5.52 Å². The van der Waals surface area contributed by atoms with Crippen LogP contribution in [0.15, 0.2) is 54.7 Å². The zero-order valence-electron chi connectivity index (χ0n) is 11.0. The molecule has 1 aromatic heterocycles. The molecule has 2 nitrogen and oxygen atoms in total. The molecule has 0 bridgehead atoms. The minimum atomic E-state index is -0.707. The Morgan fingerprint density at radius 1 is 1.05 bits per heavy atom. The predicted molar refractivity (Wildman–Crippen MR) is 82.0 cm³/mol. The molecule has 1 unspecified atom stereocenters. The molecule has 0 saturated carbocycles. The third-order valence-corrected chi connectivity index (χ3v) is 3.74. The Balaban J connectivity index is 2.17. The lowest BCUT2D eigenvalue weighted by molar-refractivity contribution is 0.221. The van der Waals surface area contributed by atoms with Gasteiger partial charge in [0.1, 0.15) is 6.10 Å². The maximum atomic E-state index is 10.7. The maximum absolute atomic E-state index is 10.7. The lowest BCUT2D eigenvalue weighted by Gasteiger charge is -2.16. The van der Waals surface area contributed by atoms with Gasteiger partial charge in [-0.3, -0.25) is 4.98 Å². The second-order valence-electron chi connectivity index (χ2n) is 4.82. The van der Waals surface area contributed by atoms with Gasteiger partial charge in [-0.1, -0.05) is 35.9 Å². The van der Waals surface area contributed by atoms with Crippen LogP contribution in [0.25, 0.3) is 10.9 Å². The van der Waals surface area contributed by atoms with E-state index in [2.05, 4.69) is 4.98 Å². The first-order valence-corrected chi connectivity index (χ1v) is 6.82. The monoisotopic (exact) mass is 283 g/mol. The molecule has 0 fully saturated rings. The number of rotatable bonds is 2. The van der Waals surface area contributed by atoms with E-state index in [4.69, 9.17) is 11.6 Å². The molecule has 20 heavy (non-hydrogen) atoms. The number of aromatic nitrogens is 1. The average molecular weight is 284 g/mol. The zero-order chi connectivity index (χ0) is 14.1. The Bertz CT molecular complexity index is 765. The highest BCUT2D eigenvalue weighted by Gasteiger charge is 2.16. The summed E-state index contributed by atoms with van der Waals surface area (Å²) in [5, 5.41) is 12.3. The molecule has 1 heterocycles. The van der Waals surface area contributed by atoms with E-state index in [0.717, 1.165) is 27.6 Å². The number of hydrogen-bond acceptors (Lipinski definition) is 2. The predicted octanol–water partition coefficient (Wildman–Crippen LogP) is 4.28. The van der Waals surface area contributed by atoms with Gasteiger partial charge in [-0.25, -0.2) is 0 Å². The fraction of sp³-hybridized carbons (Fsp3) is 0.118. The number of pyridine rings is 1. The van der Waals surface area contributed by atoms with Gasteiger partial charge in [0.25, 0.3) is 0 Å². The second-order valence-corrected chi connectivity index (χ2v) is 5.26. The van der Waals surface area contributed by atoms with E-state index < -0.39 is 6.10 Å². The standard InChI is InChI=1S/C17H14ClNO/c1-11-7-8-12(18)10-15(11)17(20)14-4-2-6-16-13(14)5-3-9-19-16/h2-10,17,20H,1H3. The third-order valence-electron chi connectivity index (χ3n) is 3.51. The van der Waals surface area contributed by atoms with Gasteiger partial charge in [0, 0.05) is 16.6 Å². The Morgan fingerprint density at radius 3 is 2.75 bits per heavy atom. The van der Waals surface area contributed by atoms with Gasteiger partial charge < -0.3 is 5.11 Å². The van der Waals surface area contributed by atoms with Crippen LogP contribution < -0.4 is 0 Å². The van der Waals surface area contributed by atoms with Crippen molar-refractivity contribution in [3.05, 3.63) is 76.4 Å². The van der Waals surface area contributed by atoms with Gasteiger partial charge >= 0.3 is 0 Å². The Kier molecular flexibility index (Phi) is 3.43. The van der Waals surface area contributed by atoms with Crippen LogP contribution in [0.4, 0.5) is 0 Å². The molecule has 0 aliphatic heterocycles. The molecule has 100 valence electrons. The molecule has 2 aromatic carbocycles. The van der Waals surface area contributed by atoms with Crippen molar-refractivity contribution in [2.75, 3.05) is 0 Å². The molecule has 0 aliphatic rings. The zero-order valence-corrected chi connectivity index (χ0v) is 11.8. The SMILES string of the molecule is Cc1ccc(Cl)cc1C(O)c1cccc2ncccc12. The van der Waals surface area contributed by atoms with Gasteiger partial charge in [0.2, 0.25) is 0 Å². The fourth-order valence-electron chi connectivity index (χ4n) is 2.44. The van der Waals surface area contributed by atoms with E-state index in [1.54, 1.807) is 6.20 Å². The molecule has 0 aliphatic carbocycles. The van der Waals surface area contributed by atoms with E-state index in [-0.39, 0.29) is 0 Å². The molecule has 3 aromatic rings. The van der Waals surface area contributed by atoms with Gasteiger partial charge in [0.15, 0.2) is 0 Å². The average Bonchev–Trinajstić information content (AvgIpc) is 2.48. The summed E-state index contributed by atoms with van der Waals surface area (Å²) in [6.07, 6.45) is 1.05. The summed E-state index contributed by atoms with van der Waals surface area (Å²) in [5.41, 5.74) is 3.57. The van der Waals surface area contributed by atoms with Crippen LogP contribution >= 0.6 is 11.6 Å². The van der Waals surface area contributed by atoms with Gasteiger partial charge in [-0.15, -0.1) is 0 Å². The Labute approximate surface area is 122 Å². The summed E-state index contributed by atoms with van der Waals surface area (Å²) < 4.78 is 0. The summed E-state index contributed by atoms with van der Waals surface area (Å²) in [6, 6.07) is 15.2. The molecule has 0 radical (unpaired) electrons. The van der Waals surface area contributed by atoms with E-state index in [0.29, 0.717) is 5.02 Å². The van der Waals surface area contributed by atoms with Crippen molar-refractivity contribution in [2.45, 2.75) is 13.0 Å². The highest BCUT2D eigenvalue weighted by molar-refractivity contribution is 6.30. The smallest absolute Gasteiger partial charge is 0.105 e. The van der Waals surface area contributed by atoms with Gasteiger partial charge in [-0.05, 0) is 47.9 Å². The van der Waals surface area contributed by atoms with Crippen molar-refractivity contribution >= 4 is 22.5 Å². The largest absolute Gasteiger partial charge is 0.384 e. The highest BCUT2D eigenvalue weighted by atomic mass is 35.5. The lowest BCUT2D eigenvalue weighted by Crippen LogP contribution is -2.03. The number of aliphatic hydroxyl groups is 1. The summed E-state index contributed by atoms with van der Waals surface area (Å²) >= 11 is 6.04. The highest BCUT2D eigenvalue weighted by Crippen LogP contribution is 2.31. The number of aryl methyl sites for hydroxylation is 1. The van der Waals surface area contributed by atoms with Crippen molar-refractivity contribution in [1.29, 1.82) is 0 Å². The van der Waals surface area contributed by atoms with Crippen molar-refractivity contribution in [3.8, 4) is 0 Å². The van der Waals surface area contributed by atoms with Crippen LogP contribution in [-0.2, 0) is 0 Å². The normalized spacial score (nSPS) is 12.6. The minimum Gasteiger partial charge on any atom is -0.384 e. The van der Waals surface area contributed by atoms with Crippen molar-refractivity contribution < 1.29 is 5.11 Å². The van der Waals surface area contributed by atoms with Crippen molar-refractivity contribution in [1.82, 2.24) is 4.98 Å². The number of halogens is 1. The van der Waals surface area contributed by atoms with Crippen LogP contribution in [0.1, 0.15) is 22.8 Å². The number of nitrogens with zero attached hydrogens (tertiary/aromatic N) is 1. The van der Waals surface area contributed by atoms with Crippen LogP contribution in [0.3, 0.4) is 0 Å². The molecule has 3 heteroatoms. The summed E-state index contributed by atoms with van der Waals surface area (Å²) in [7, 11) is 0. The maximum Gasteiger partial charge on any atom is 0.105 e. The minimum absolute atomic E-state index is 0.628. The first kappa shape index (κ1) is 13.1. The number of aliphatic hydroxyl groups excluding tert-OH is 1. The number of hydrogen-bond donors (Lipinski definition) is 1. The Hall–Kier alpha value is -1.90. The first-order chi connectivity index (χ1) is 9.66. The van der Waals surface area contributed by atoms with Crippen LogP contribution in [-0.4, -0.2) is 10.1 Å². The van der Waals surface area contributed by atoms with E-state index >= 15 is 0 Å².